The van der Waals surface area contributed by atoms with Gasteiger partial charge in [0.15, 0.2) is 0 Å². The highest BCUT2D eigenvalue weighted by atomic mass is 32.2. The first kappa shape index (κ1) is 44.3. The monoisotopic (exact) mass is 655 g/mol. The summed E-state index contributed by atoms with van der Waals surface area (Å²) in [4.78, 5) is 23.8. The van der Waals surface area contributed by atoms with E-state index in [2.05, 4.69) is 13.8 Å². The van der Waals surface area contributed by atoms with E-state index < -0.39 is 0 Å². The summed E-state index contributed by atoms with van der Waals surface area (Å²) >= 11 is 0.549. The van der Waals surface area contributed by atoms with Gasteiger partial charge < -0.3 is 8.37 Å². The van der Waals surface area contributed by atoms with Crippen molar-refractivity contribution in [3.63, 3.8) is 0 Å². The van der Waals surface area contributed by atoms with Crippen molar-refractivity contribution in [2.24, 2.45) is 0 Å². The van der Waals surface area contributed by atoms with E-state index in [4.69, 9.17) is 8.37 Å². The molecule has 5 heteroatoms. The topological polar surface area (TPSA) is 52.6 Å². The van der Waals surface area contributed by atoms with Gasteiger partial charge in [-0.05, 0) is 12.8 Å². The highest BCUT2D eigenvalue weighted by Crippen LogP contribution is 2.17. The first-order valence-electron chi connectivity index (χ1n) is 20.3. The Morgan fingerprint density at radius 2 is 0.489 bits per heavy atom. The third kappa shape index (κ3) is 39.4. The molecule has 0 rings (SSSR count). The van der Waals surface area contributed by atoms with E-state index in [1.807, 2.05) is 0 Å². The van der Waals surface area contributed by atoms with Crippen molar-refractivity contribution in [3.05, 3.63) is 0 Å². The zero-order chi connectivity index (χ0) is 32.7. The van der Waals surface area contributed by atoms with Crippen LogP contribution in [-0.2, 0) is 18.0 Å². The van der Waals surface area contributed by atoms with Gasteiger partial charge in [0.1, 0.15) is 0 Å². The Hall–Kier alpha value is -0.710. The highest BCUT2D eigenvalue weighted by Gasteiger charge is 2.09. The number of hydrogen-bond donors (Lipinski definition) is 0. The number of hydrogen-bond acceptors (Lipinski definition) is 5. The summed E-state index contributed by atoms with van der Waals surface area (Å²) in [5, 5.41) is 0. The van der Waals surface area contributed by atoms with Crippen molar-refractivity contribution in [1.82, 2.24) is 0 Å². The largest absolute Gasteiger partial charge is 0.355 e. The molecule has 0 saturated carbocycles. The van der Waals surface area contributed by atoms with Crippen LogP contribution in [0.2, 0.25) is 0 Å². The van der Waals surface area contributed by atoms with Crippen LogP contribution in [0.4, 0.5) is 0 Å². The van der Waals surface area contributed by atoms with Crippen LogP contribution < -0.4 is 0 Å². The third-order valence-corrected chi connectivity index (χ3v) is 9.73. The summed E-state index contributed by atoms with van der Waals surface area (Å²) in [7, 11) is 0. The normalized spacial score (nSPS) is 11.2. The van der Waals surface area contributed by atoms with Gasteiger partial charge in [-0.25, -0.2) is 0 Å². The average molecular weight is 655 g/mol. The van der Waals surface area contributed by atoms with E-state index in [9.17, 15) is 9.59 Å². The lowest BCUT2D eigenvalue weighted by atomic mass is 10.0. The van der Waals surface area contributed by atoms with Gasteiger partial charge in [-0.1, -0.05) is 219 Å². The fraction of sp³-hybridized carbons (Fsp3) is 0.950. The molecule has 0 aromatic rings. The van der Waals surface area contributed by atoms with Crippen LogP contribution in [0.15, 0.2) is 0 Å². The van der Waals surface area contributed by atoms with Gasteiger partial charge in [0.25, 0.3) is 12.3 Å². The zero-order valence-corrected chi connectivity index (χ0v) is 31.3. The Bertz CT molecular complexity index is 547. The van der Waals surface area contributed by atoms with E-state index >= 15 is 0 Å². The molecule has 0 N–H and O–H groups in total. The third-order valence-electron chi connectivity index (χ3n) is 9.22. The van der Waals surface area contributed by atoms with Gasteiger partial charge in [0.05, 0.1) is 0 Å². The number of rotatable bonds is 38. The summed E-state index contributed by atoms with van der Waals surface area (Å²) in [6, 6.07) is 0. The molecule has 0 aromatic carbocycles. The second-order valence-electron chi connectivity index (χ2n) is 13.8. The quantitative estimate of drug-likeness (QED) is 0.0490. The van der Waals surface area contributed by atoms with Crippen LogP contribution in [0.1, 0.15) is 245 Å². The number of carbonyl (C=O) groups is 2. The molecule has 0 saturated heterocycles. The molecule has 0 unspecified atom stereocenters. The Labute approximate surface area is 286 Å². The molecule has 268 valence electrons. The first-order chi connectivity index (χ1) is 22.2. The molecule has 0 bridgehead atoms. The van der Waals surface area contributed by atoms with Gasteiger partial charge >= 0.3 is 11.9 Å². The minimum Gasteiger partial charge on any atom is -0.355 e. The second-order valence-corrected chi connectivity index (χ2v) is 14.3. The molecule has 0 radical (unpaired) electrons. The molecule has 0 aliphatic rings. The summed E-state index contributed by atoms with van der Waals surface area (Å²) in [6.45, 7) is 4.56. The smallest absolute Gasteiger partial charge is 0.320 e. The Balaban J connectivity index is 3.25. The molecular weight excluding hydrogens is 577 g/mol. The molecule has 0 spiro atoms. The maximum absolute atomic E-state index is 11.9. The molecule has 0 aromatic heterocycles. The van der Waals surface area contributed by atoms with Gasteiger partial charge in [-0.15, -0.1) is 0 Å². The SMILES string of the molecule is CCCCCCCCCCCCCCCCCCCC(=O)OSOC(=O)CCCCCCCCCCCCCCCCCCC. The summed E-state index contributed by atoms with van der Waals surface area (Å²) in [5.41, 5.74) is 0. The highest BCUT2D eigenvalue weighted by molar-refractivity contribution is 7.90. The Kier molecular flexibility index (Phi) is 38.8. The Morgan fingerprint density at radius 1 is 0.311 bits per heavy atom. The average Bonchev–Trinajstić information content (AvgIpc) is 3.04. The lowest BCUT2D eigenvalue weighted by Crippen LogP contribution is -2.03. The predicted molar refractivity (Wildman–Crippen MR) is 197 cm³/mol. The molecule has 0 aliphatic carbocycles. The van der Waals surface area contributed by atoms with Crippen molar-refractivity contribution >= 4 is 24.3 Å². The van der Waals surface area contributed by atoms with Gasteiger partial charge in [-0.3, -0.25) is 9.59 Å². The summed E-state index contributed by atoms with van der Waals surface area (Å²) < 4.78 is 10.0. The van der Waals surface area contributed by atoms with Crippen LogP contribution in [0, 0.1) is 0 Å². The van der Waals surface area contributed by atoms with Crippen molar-refractivity contribution in [2.75, 3.05) is 0 Å². The van der Waals surface area contributed by atoms with E-state index in [1.165, 1.54) is 193 Å². The fourth-order valence-electron chi connectivity index (χ4n) is 6.16. The molecule has 0 amide bonds. The fourth-order valence-corrected chi connectivity index (χ4v) is 6.52. The van der Waals surface area contributed by atoms with Crippen LogP contribution in [-0.4, -0.2) is 11.9 Å². The van der Waals surface area contributed by atoms with Crippen LogP contribution in [0.25, 0.3) is 0 Å². The molecular formula is C40H78O4S. The van der Waals surface area contributed by atoms with Crippen LogP contribution in [0.5, 0.6) is 0 Å². The van der Waals surface area contributed by atoms with Crippen LogP contribution in [0.3, 0.4) is 0 Å². The van der Waals surface area contributed by atoms with Gasteiger partial charge in [-0.2, -0.15) is 0 Å². The van der Waals surface area contributed by atoms with E-state index in [1.54, 1.807) is 0 Å². The second kappa shape index (κ2) is 39.5. The predicted octanol–water partition coefficient (Wildman–Crippen LogP) is 14.7. The minimum absolute atomic E-state index is 0.286. The van der Waals surface area contributed by atoms with Crippen molar-refractivity contribution < 1.29 is 18.0 Å². The zero-order valence-electron chi connectivity index (χ0n) is 30.5. The van der Waals surface area contributed by atoms with E-state index in [-0.39, 0.29) is 11.9 Å². The minimum atomic E-state index is -0.286. The number of carbonyl (C=O) groups excluding carboxylic acids is 2. The van der Waals surface area contributed by atoms with Crippen molar-refractivity contribution in [2.45, 2.75) is 245 Å². The number of unbranched alkanes of at least 4 members (excludes halogenated alkanes) is 32. The van der Waals surface area contributed by atoms with Gasteiger partial charge in [0, 0.05) is 12.8 Å². The maximum atomic E-state index is 11.9. The standard InChI is InChI=1S/C40H78O4S/c1-3-5-7-9-11-13-15-17-19-21-23-25-27-29-31-33-35-37-39(41)43-45-44-40(42)38-36-34-32-30-28-26-24-22-20-18-16-14-12-10-8-6-4-2/h3-38H2,1-2H3. The van der Waals surface area contributed by atoms with Crippen molar-refractivity contribution in [3.8, 4) is 0 Å². The molecule has 0 heterocycles. The van der Waals surface area contributed by atoms with Gasteiger partial charge in [0.2, 0.25) is 0 Å². The molecule has 4 nitrogen and oxygen atoms in total. The maximum Gasteiger partial charge on any atom is 0.320 e. The van der Waals surface area contributed by atoms with Crippen molar-refractivity contribution in [1.29, 1.82) is 0 Å². The summed E-state index contributed by atoms with van der Waals surface area (Å²) in [5.74, 6) is -0.571. The Morgan fingerprint density at radius 3 is 0.689 bits per heavy atom. The van der Waals surface area contributed by atoms with E-state index in [0.29, 0.717) is 25.2 Å². The lowest BCUT2D eigenvalue weighted by molar-refractivity contribution is -0.136. The van der Waals surface area contributed by atoms with Crippen LogP contribution >= 0.6 is 12.3 Å². The molecule has 45 heavy (non-hydrogen) atoms. The molecule has 0 atom stereocenters. The first-order valence-corrected chi connectivity index (χ1v) is 20.9. The summed E-state index contributed by atoms with van der Waals surface area (Å²) in [6.07, 6.45) is 45.8. The molecule has 0 aliphatic heterocycles. The lowest BCUT2D eigenvalue weighted by Gasteiger charge is -2.05. The molecule has 0 fully saturated rings. The van der Waals surface area contributed by atoms with E-state index in [0.717, 1.165) is 25.7 Å².